The largest absolute Gasteiger partial charge is 0.508 e. The Morgan fingerprint density at radius 3 is 2.71 bits per heavy atom. The zero-order chi connectivity index (χ0) is 11.6. The normalized spacial score (nSPS) is 17.1. The van der Waals surface area contributed by atoms with Gasteiger partial charge in [-0.3, -0.25) is 0 Å². The van der Waals surface area contributed by atoms with E-state index in [1.807, 2.05) is 6.07 Å². The molecule has 0 atom stereocenters. The van der Waals surface area contributed by atoms with Crippen LogP contribution in [0.25, 0.3) is 0 Å². The Kier molecular flexibility index (Phi) is 5.11. The predicted octanol–water partition coefficient (Wildman–Crippen LogP) is 3.75. The van der Waals surface area contributed by atoms with E-state index in [0.717, 1.165) is 12.1 Å². The molecule has 4 heteroatoms. The second-order valence-electron chi connectivity index (χ2n) is 5.04. The molecule has 0 unspecified atom stereocenters. The summed E-state index contributed by atoms with van der Waals surface area (Å²) in [6.45, 7) is 4.00. The lowest BCUT2D eigenvalue weighted by molar-refractivity contribution is 0.156. The van der Waals surface area contributed by atoms with E-state index in [4.69, 9.17) is 11.6 Å². The molecule has 2 nitrogen and oxygen atoms in total. The molecule has 0 bridgehead atoms. The van der Waals surface area contributed by atoms with Crippen LogP contribution in [-0.4, -0.2) is 11.7 Å². The quantitative estimate of drug-likeness (QED) is 0.877. The fourth-order valence-corrected chi connectivity index (χ4v) is 2.35. The molecule has 0 heterocycles. The smallest absolute Gasteiger partial charge is 0.120 e. The summed E-state index contributed by atoms with van der Waals surface area (Å²) in [6.07, 6.45) is 3.96. The molecule has 96 valence electrons. The highest BCUT2D eigenvalue weighted by atomic mass is 35.5. The Bertz CT molecular complexity index is 378. The SMILES string of the molecule is CC1(CNCc2cc(Cl)ccc2O)CCC1.Cl. The lowest BCUT2D eigenvalue weighted by Gasteiger charge is -2.38. The van der Waals surface area contributed by atoms with Gasteiger partial charge < -0.3 is 10.4 Å². The van der Waals surface area contributed by atoms with Crippen LogP contribution in [0.5, 0.6) is 5.75 Å². The first-order chi connectivity index (χ1) is 7.59. The van der Waals surface area contributed by atoms with Crippen LogP contribution in [0.4, 0.5) is 0 Å². The van der Waals surface area contributed by atoms with Crippen LogP contribution in [0.1, 0.15) is 31.7 Å². The van der Waals surface area contributed by atoms with Crippen LogP contribution in [0, 0.1) is 5.41 Å². The van der Waals surface area contributed by atoms with Gasteiger partial charge in [0.25, 0.3) is 0 Å². The second kappa shape index (κ2) is 5.94. The van der Waals surface area contributed by atoms with Gasteiger partial charge in [-0.2, -0.15) is 0 Å². The van der Waals surface area contributed by atoms with Crippen molar-refractivity contribution >= 4 is 24.0 Å². The maximum atomic E-state index is 9.64. The number of hydrogen-bond donors (Lipinski definition) is 2. The highest BCUT2D eigenvalue weighted by Crippen LogP contribution is 2.39. The molecule has 0 aromatic heterocycles. The number of aromatic hydroxyl groups is 1. The standard InChI is InChI=1S/C13H18ClNO.ClH/c1-13(5-2-6-13)9-15-8-10-7-11(14)3-4-12(10)16;/h3-4,7,15-16H,2,5-6,8-9H2,1H3;1H. The number of phenols is 1. The van der Waals surface area contributed by atoms with E-state index in [1.165, 1.54) is 19.3 Å². The fourth-order valence-electron chi connectivity index (χ4n) is 2.15. The summed E-state index contributed by atoms with van der Waals surface area (Å²) >= 11 is 5.89. The lowest BCUT2D eigenvalue weighted by atomic mass is 9.70. The molecule has 2 N–H and O–H groups in total. The lowest BCUT2D eigenvalue weighted by Crippen LogP contribution is -2.36. The molecule has 1 saturated carbocycles. The number of phenolic OH excluding ortho intramolecular Hbond substituents is 1. The predicted molar refractivity (Wildman–Crippen MR) is 74.0 cm³/mol. The van der Waals surface area contributed by atoms with E-state index in [1.54, 1.807) is 12.1 Å². The van der Waals surface area contributed by atoms with E-state index in [2.05, 4.69) is 12.2 Å². The van der Waals surface area contributed by atoms with Crippen molar-refractivity contribution in [3.63, 3.8) is 0 Å². The Hall–Kier alpha value is -0.440. The second-order valence-corrected chi connectivity index (χ2v) is 5.48. The summed E-state index contributed by atoms with van der Waals surface area (Å²) in [7, 11) is 0. The third-order valence-corrected chi connectivity index (χ3v) is 3.70. The molecular weight excluding hydrogens is 257 g/mol. The van der Waals surface area contributed by atoms with Crippen LogP contribution < -0.4 is 5.32 Å². The van der Waals surface area contributed by atoms with Crippen molar-refractivity contribution in [2.24, 2.45) is 5.41 Å². The van der Waals surface area contributed by atoms with Crippen molar-refractivity contribution in [2.75, 3.05) is 6.54 Å². The molecule has 0 saturated heterocycles. The number of hydrogen-bond acceptors (Lipinski definition) is 2. The first kappa shape index (κ1) is 14.6. The maximum Gasteiger partial charge on any atom is 0.120 e. The fraction of sp³-hybridized carbons (Fsp3) is 0.538. The van der Waals surface area contributed by atoms with E-state index in [9.17, 15) is 5.11 Å². The molecule has 1 aliphatic carbocycles. The zero-order valence-electron chi connectivity index (χ0n) is 10.0. The molecule has 1 aromatic rings. The van der Waals surface area contributed by atoms with E-state index in [0.29, 0.717) is 22.7 Å². The third-order valence-electron chi connectivity index (χ3n) is 3.47. The van der Waals surface area contributed by atoms with Gasteiger partial charge in [0.05, 0.1) is 0 Å². The minimum absolute atomic E-state index is 0. The van der Waals surface area contributed by atoms with Crippen LogP contribution in [0.15, 0.2) is 18.2 Å². The molecule has 1 aliphatic rings. The van der Waals surface area contributed by atoms with Gasteiger partial charge in [-0.25, -0.2) is 0 Å². The molecule has 0 radical (unpaired) electrons. The van der Waals surface area contributed by atoms with Crippen molar-refractivity contribution in [3.8, 4) is 5.75 Å². The summed E-state index contributed by atoms with van der Waals surface area (Å²) in [6, 6.07) is 5.16. The van der Waals surface area contributed by atoms with Gasteiger partial charge in [-0.05, 0) is 36.5 Å². The minimum Gasteiger partial charge on any atom is -0.508 e. The first-order valence-electron chi connectivity index (χ1n) is 5.77. The average molecular weight is 276 g/mol. The number of benzene rings is 1. The van der Waals surface area contributed by atoms with Crippen molar-refractivity contribution in [3.05, 3.63) is 28.8 Å². The highest BCUT2D eigenvalue weighted by Gasteiger charge is 2.30. The summed E-state index contributed by atoms with van der Waals surface area (Å²) < 4.78 is 0. The van der Waals surface area contributed by atoms with Gasteiger partial charge in [0.2, 0.25) is 0 Å². The molecule has 2 rings (SSSR count). The third kappa shape index (κ3) is 3.77. The van der Waals surface area contributed by atoms with Crippen molar-refractivity contribution in [2.45, 2.75) is 32.7 Å². The van der Waals surface area contributed by atoms with Crippen molar-refractivity contribution in [1.82, 2.24) is 5.32 Å². The van der Waals surface area contributed by atoms with Crippen LogP contribution in [0.3, 0.4) is 0 Å². The maximum absolute atomic E-state index is 9.64. The summed E-state index contributed by atoms with van der Waals surface area (Å²) in [5.74, 6) is 0.315. The van der Waals surface area contributed by atoms with Gasteiger partial charge in [0.1, 0.15) is 5.75 Å². The summed E-state index contributed by atoms with van der Waals surface area (Å²) in [4.78, 5) is 0. The number of halogens is 2. The number of rotatable bonds is 4. The van der Waals surface area contributed by atoms with Crippen LogP contribution >= 0.6 is 24.0 Å². The van der Waals surface area contributed by atoms with Gasteiger partial charge in [-0.15, -0.1) is 12.4 Å². The van der Waals surface area contributed by atoms with Gasteiger partial charge in [0, 0.05) is 23.7 Å². The zero-order valence-corrected chi connectivity index (χ0v) is 11.6. The molecule has 0 spiro atoms. The molecular formula is C13H19Cl2NO. The van der Waals surface area contributed by atoms with E-state index >= 15 is 0 Å². The summed E-state index contributed by atoms with van der Waals surface area (Å²) in [5.41, 5.74) is 1.34. The molecule has 0 aliphatic heterocycles. The molecule has 0 amide bonds. The van der Waals surface area contributed by atoms with Crippen molar-refractivity contribution in [1.29, 1.82) is 0 Å². The van der Waals surface area contributed by atoms with Gasteiger partial charge in [-0.1, -0.05) is 24.9 Å². The molecule has 17 heavy (non-hydrogen) atoms. The Labute approximate surface area is 114 Å². The average Bonchev–Trinajstić information content (AvgIpc) is 2.21. The first-order valence-corrected chi connectivity index (χ1v) is 6.15. The highest BCUT2D eigenvalue weighted by molar-refractivity contribution is 6.30. The van der Waals surface area contributed by atoms with Crippen LogP contribution in [0.2, 0.25) is 5.02 Å². The van der Waals surface area contributed by atoms with E-state index in [-0.39, 0.29) is 12.4 Å². The minimum atomic E-state index is 0. The summed E-state index contributed by atoms with van der Waals surface area (Å²) in [5, 5.41) is 13.7. The topological polar surface area (TPSA) is 32.3 Å². The Balaban J connectivity index is 0.00000144. The Morgan fingerprint density at radius 1 is 1.41 bits per heavy atom. The molecule has 1 aromatic carbocycles. The van der Waals surface area contributed by atoms with Gasteiger partial charge in [0.15, 0.2) is 0 Å². The van der Waals surface area contributed by atoms with Crippen LogP contribution in [-0.2, 0) is 6.54 Å². The number of nitrogens with one attached hydrogen (secondary N) is 1. The monoisotopic (exact) mass is 275 g/mol. The van der Waals surface area contributed by atoms with Crippen molar-refractivity contribution < 1.29 is 5.11 Å². The molecule has 1 fully saturated rings. The Morgan fingerprint density at radius 2 is 2.12 bits per heavy atom. The van der Waals surface area contributed by atoms with Gasteiger partial charge >= 0.3 is 0 Å². The van der Waals surface area contributed by atoms with E-state index < -0.39 is 0 Å².